The second kappa shape index (κ2) is 5.35. The lowest BCUT2D eigenvalue weighted by Gasteiger charge is -2.13. The van der Waals surface area contributed by atoms with Crippen LogP contribution in [0.4, 0.5) is 8.78 Å². The summed E-state index contributed by atoms with van der Waals surface area (Å²) < 4.78 is 27.2. The number of rotatable bonds is 5. The van der Waals surface area contributed by atoms with Crippen molar-refractivity contribution in [2.45, 2.75) is 32.6 Å². The first-order valence-electron chi connectivity index (χ1n) is 6.20. The first kappa shape index (κ1) is 13.5. The Balaban J connectivity index is 2.17. The number of benzene rings is 1. The lowest BCUT2D eigenvalue weighted by molar-refractivity contribution is 0.0945. The first-order valence-corrected chi connectivity index (χ1v) is 6.58. The number of hydrogen-bond acceptors (Lipinski definition) is 1. The molecule has 0 aliphatic heterocycles. The molecule has 0 heterocycles. The first-order chi connectivity index (χ1) is 8.52. The summed E-state index contributed by atoms with van der Waals surface area (Å²) in [5.41, 5.74) is -0.446. The molecule has 0 radical (unpaired) electrons. The summed E-state index contributed by atoms with van der Waals surface area (Å²) in [6.45, 7) is 2.00. The Morgan fingerprint density at radius 3 is 2.39 bits per heavy atom. The number of hydrogen-bond donors (Lipinski definition) is 0. The van der Waals surface area contributed by atoms with Crippen LogP contribution in [0.3, 0.4) is 0 Å². The van der Waals surface area contributed by atoms with Crippen LogP contribution in [-0.4, -0.2) is 5.78 Å². The van der Waals surface area contributed by atoms with E-state index in [9.17, 15) is 13.6 Å². The standard InChI is InChI=1S/C14H15ClF2O/c1-2-8(9-3-4-9)5-13(18)14-11(16)6-10(15)7-12(14)17/h6-9H,2-5H2,1H3/t8-/m1/s1. The molecule has 0 saturated heterocycles. The number of carbonyl (C=O) groups excluding carboxylic acids is 1. The van der Waals surface area contributed by atoms with Crippen LogP contribution in [0.2, 0.25) is 5.02 Å². The zero-order valence-electron chi connectivity index (χ0n) is 10.2. The molecule has 0 amide bonds. The molecular formula is C14H15ClF2O. The van der Waals surface area contributed by atoms with E-state index < -0.39 is 23.0 Å². The maximum Gasteiger partial charge on any atom is 0.169 e. The fourth-order valence-electron chi connectivity index (χ4n) is 2.36. The topological polar surface area (TPSA) is 17.1 Å². The Morgan fingerprint density at radius 1 is 1.39 bits per heavy atom. The summed E-state index contributed by atoms with van der Waals surface area (Å²) in [6.07, 6.45) is 3.33. The summed E-state index contributed by atoms with van der Waals surface area (Å²) in [5, 5.41) is -0.0317. The second-order valence-corrected chi connectivity index (χ2v) is 5.31. The average molecular weight is 273 g/mol. The Hall–Kier alpha value is -0.960. The second-order valence-electron chi connectivity index (χ2n) is 4.88. The molecular weight excluding hydrogens is 258 g/mol. The molecule has 1 nitrogen and oxygen atoms in total. The summed E-state index contributed by atoms with van der Waals surface area (Å²) in [4.78, 5) is 12.0. The smallest absolute Gasteiger partial charge is 0.169 e. The quantitative estimate of drug-likeness (QED) is 0.715. The molecule has 1 fully saturated rings. The van der Waals surface area contributed by atoms with E-state index in [1.165, 1.54) is 0 Å². The van der Waals surface area contributed by atoms with Crippen molar-refractivity contribution in [3.8, 4) is 0 Å². The van der Waals surface area contributed by atoms with Crippen molar-refractivity contribution in [1.29, 1.82) is 0 Å². The van der Waals surface area contributed by atoms with E-state index in [-0.39, 0.29) is 17.4 Å². The van der Waals surface area contributed by atoms with Gasteiger partial charge in [0.2, 0.25) is 0 Å². The van der Waals surface area contributed by atoms with Crippen molar-refractivity contribution in [2.75, 3.05) is 0 Å². The van der Waals surface area contributed by atoms with Gasteiger partial charge < -0.3 is 0 Å². The van der Waals surface area contributed by atoms with Gasteiger partial charge in [-0.1, -0.05) is 24.9 Å². The number of carbonyl (C=O) groups is 1. The molecule has 2 rings (SSSR count). The van der Waals surface area contributed by atoms with E-state index in [2.05, 4.69) is 0 Å². The van der Waals surface area contributed by atoms with Crippen LogP contribution in [-0.2, 0) is 0 Å². The van der Waals surface area contributed by atoms with Gasteiger partial charge in [0.25, 0.3) is 0 Å². The van der Waals surface area contributed by atoms with Crippen LogP contribution in [0.1, 0.15) is 43.0 Å². The van der Waals surface area contributed by atoms with Crippen molar-refractivity contribution in [2.24, 2.45) is 11.8 Å². The van der Waals surface area contributed by atoms with Crippen molar-refractivity contribution in [1.82, 2.24) is 0 Å². The molecule has 0 unspecified atom stereocenters. The summed E-state index contributed by atoms with van der Waals surface area (Å²) >= 11 is 5.53. The van der Waals surface area contributed by atoms with Gasteiger partial charge in [-0.3, -0.25) is 4.79 Å². The summed E-state index contributed by atoms with van der Waals surface area (Å²) in [6, 6.07) is 1.96. The molecule has 18 heavy (non-hydrogen) atoms. The van der Waals surface area contributed by atoms with E-state index in [4.69, 9.17) is 11.6 Å². The predicted octanol–water partition coefficient (Wildman–Crippen LogP) is 4.63. The Morgan fingerprint density at radius 2 is 1.94 bits per heavy atom. The molecule has 1 aliphatic rings. The molecule has 1 atom stereocenters. The maximum absolute atomic E-state index is 13.6. The van der Waals surface area contributed by atoms with Crippen LogP contribution in [0.15, 0.2) is 12.1 Å². The lowest BCUT2D eigenvalue weighted by Crippen LogP contribution is -2.13. The Bertz CT molecular complexity index is 446. The van der Waals surface area contributed by atoms with Gasteiger partial charge in [-0.2, -0.15) is 0 Å². The zero-order valence-corrected chi connectivity index (χ0v) is 10.9. The van der Waals surface area contributed by atoms with Crippen molar-refractivity contribution >= 4 is 17.4 Å². The van der Waals surface area contributed by atoms with E-state index >= 15 is 0 Å². The zero-order chi connectivity index (χ0) is 13.3. The number of ketones is 1. The lowest BCUT2D eigenvalue weighted by atomic mass is 9.91. The van der Waals surface area contributed by atoms with Crippen LogP contribution >= 0.6 is 11.6 Å². The van der Waals surface area contributed by atoms with Gasteiger partial charge in [-0.15, -0.1) is 0 Å². The highest BCUT2D eigenvalue weighted by atomic mass is 35.5. The third kappa shape index (κ3) is 2.89. The highest BCUT2D eigenvalue weighted by Gasteiger charge is 2.32. The fraction of sp³-hybridized carbons (Fsp3) is 0.500. The van der Waals surface area contributed by atoms with Crippen LogP contribution in [0.25, 0.3) is 0 Å². The summed E-state index contributed by atoms with van der Waals surface area (Å²) in [7, 11) is 0. The van der Waals surface area contributed by atoms with Gasteiger partial charge in [-0.05, 0) is 36.8 Å². The minimum Gasteiger partial charge on any atom is -0.294 e. The molecule has 1 aromatic rings. The van der Waals surface area contributed by atoms with Gasteiger partial charge in [-0.25, -0.2) is 8.78 Å². The predicted molar refractivity (Wildman–Crippen MR) is 66.8 cm³/mol. The normalized spacial score (nSPS) is 16.7. The molecule has 0 bridgehead atoms. The minimum absolute atomic E-state index is 0.0317. The largest absolute Gasteiger partial charge is 0.294 e. The van der Waals surface area contributed by atoms with Crippen LogP contribution < -0.4 is 0 Å². The Labute approximate surface area is 110 Å². The third-order valence-electron chi connectivity index (χ3n) is 3.55. The molecule has 0 aromatic heterocycles. The Kier molecular flexibility index (Phi) is 4.00. The molecule has 4 heteroatoms. The van der Waals surface area contributed by atoms with Crippen molar-refractivity contribution < 1.29 is 13.6 Å². The van der Waals surface area contributed by atoms with Crippen LogP contribution in [0.5, 0.6) is 0 Å². The van der Waals surface area contributed by atoms with Crippen LogP contribution in [0, 0.1) is 23.5 Å². The van der Waals surface area contributed by atoms with Crippen molar-refractivity contribution in [3.63, 3.8) is 0 Å². The highest BCUT2D eigenvalue weighted by Crippen LogP contribution is 2.40. The SMILES string of the molecule is CC[C@H](CC(=O)c1c(F)cc(Cl)cc1F)C1CC1. The van der Waals surface area contributed by atoms with Gasteiger partial charge in [0.1, 0.15) is 11.6 Å². The third-order valence-corrected chi connectivity index (χ3v) is 3.76. The average Bonchev–Trinajstić information content (AvgIpc) is 3.08. The monoisotopic (exact) mass is 272 g/mol. The number of halogens is 3. The molecule has 1 aromatic carbocycles. The maximum atomic E-state index is 13.6. The summed E-state index contributed by atoms with van der Waals surface area (Å²) in [5.74, 6) is -1.39. The van der Waals surface area contributed by atoms with E-state index in [0.29, 0.717) is 5.92 Å². The van der Waals surface area contributed by atoms with Gasteiger partial charge >= 0.3 is 0 Å². The van der Waals surface area contributed by atoms with Crippen molar-refractivity contribution in [3.05, 3.63) is 34.4 Å². The molecule has 1 saturated carbocycles. The van der Waals surface area contributed by atoms with E-state index in [0.717, 1.165) is 31.4 Å². The van der Waals surface area contributed by atoms with E-state index in [1.54, 1.807) is 0 Å². The van der Waals surface area contributed by atoms with Gasteiger partial charge in [0.15, 0.2) is 5.78 Å². The van der Waals surface area contributed by atoms with Gasteiger partial charge in [0.05, 0.1) is 5.56 Å². The van der Waals surface area contributed by atoms with Gasteiger partial charge in [0, 0.05) is 11.4 Å². The highest BCUT2D eigenvalue weighted by molar-refractivity contribution is 6.30. The minimum atomic E-state index is -0.865. The molecule has 1 aliphatic carbocycles. The fourth-order valence-corrected chi connectivity index (χ4v) is 2.55. The molecule has 98 valence electrons. The number of Topliss-reactive ketones (excluding diaryl/α,β-unsaturated/α-hetero) is 1. The van der Waals surface area contributed by atoms with E-state index in [1.807, 2.05) is 6.92 Å². The molecule has 0 N–H and O–H groups in total. The molecule has 0 spiro atoms.